The molecule has 3 rings (SSSR count). The lowest BCUT2D eigenvalue weighted by atomic mass is 10.1. The largest absolute Gasteiger partial charge is 0.447 e. The molecular formula is C27H31ClF2N6O5. The number of carbonyl (C=O) groups is 3. The molecule has 0 bridgehead atoms. The van der Waals surface area contributed by atoms with Crippen molar-refractivity contribution in [3.05, 3.63) is 70.9 Å². The molecule has 0 saturated heterocycles. The minimum Gasteiger partial charge on any atom is -0.447 e. The molecule has 41 heavy (non-hydrogen) atoms. The quantitative estimate of drug-likeness (QED) is 0.216. The molecule has 6 N–H and O–H groups in total. The van der Waals surface area contributed by atoms with Crippen LogP contribution in [-0.4, -0.2) is 71.9 Å². The van der Waals surface area contributed by atoms with Gasteiger partial charge in [0.2, 0.25) is 5.91 Å². The molecule has 0 aliphatic carbocycles. The van der Waals surface area contributed by atoms with Crippen molar-refractivity contribution in [2.75, 3.05) is 32.1 Å². The average Bonchev–Trinajstić information content (AvgIpc) is 2.94. The molecule has 0 aliphatic heterocycles. The van der Waals surface area contributed by atoms with Gasteiger partial charge in [0.15, 0.2) is 0 Å². The van der Waals surface area contributed by atoms with E-state index in [1.165, 1.54) is 48.5 Å². The second-order valence-corrected chi connectivity index (χ2v) is 9.50. The Hall–Kier alpha value is -4.07. The van der Waals surface area contributed by atoms with E-state index in [1.807, 2.05) is 0 Å². The van der Waals surface area contributed by atoms with E-state index in [4.69, 9.17) is 27.2 Å². The highest BCUT2D eigenvalue weighted by atomic mass is 35.5. The Morgan fingerprint density at radius 2 is 1.90 bits per heavy atom. The highest BCUT2D eigenvalue weighted by Gasteiger charge is 2.23. The third-order valence-electron chi connectivity index (χ3n) is 6.20. The molecule has 0 spiro atoms. The Morgan fingerprint density at radius 1 is 1.12 bits per heavy atom. The van der Waals surface area contributed by atoms with Crippen LogP contribution in [0.1, 0.15) is 18.4 Å². The first-order chi connectivity index (χ1) is 19.6. The van der Waals surface area contributed by atoms with Crippen LogP contribution < -0.4 is 21.7 Å². The first-order valence-electron chi connectivity index (χ1n) is 12.7. The number of nitrogens with zero attached hydrogens (tertiary/aromatic N) is 2. The van der Waals surface area contributed by atoms with Gasteiger partial charge in [0, 0.05) is 38.3 Å². The summed E-state index contributed by atoms with van der Waals surface area (Å²) in [4.78, 5) is 42.9. The monoisotopic (exact) mass is 592 g/mol. The lowest BCUT2D eigenvalue weighted by Gasteiger charge is -2.28. The summed E-state index contributed by atoms with van der Waals surface area (Å²) >= 11 is 5.96. The fourth-order valence-electron chi connectivity index (χ4n) is 3.79. The van der Waals surface area contributed by atoms with Crippen molar-refractivity contribution in [3.63, 3.8) is 0 Å². The number of fused-ring (bicyclic) bond motifs is 1. The summed E-state index contributed by atoms with van der Waals surface area (Å²) in [5.41, 5.74) is 6.07. The molecule has 0 saturated carbocycles. The number of carbonyl (C=O) groups excluding carboxylic acids is 3. The number of rotatable bonds is 12. The Balaban J connectivity index is 1.62. The van der Waals surface area contributed by atoms with Crippen LogP contribution in [0, 0.1) is 11.6 Å². The Kier molecular flexibility index (Phi) is 11.6. The first kappa shape index (κ1) is 31.5. The average molecular weight is 593 g/mol. The van der Waals surface area contributed by atoms with Gasteiger partial charge in [-0.25, -0.2) is 23.4 Å². The zero-order valence-electron chi connectivity index (χ0n) is 22.2. The number of nitrogens with two attached hydrogens (primary N) is 1. The number of hydrogen-bond donors (Lipinski definition) is 5. The molecule has 1 heterocycles. The molecule has 11 nitrogen and oxygen atoms in total. The van der Waals surface area contributed by atoms with Gasteiger partial charge in [0.25, 0.3) is 0 Å². The number of aliphatic hydroxyl groups excluding tert-OH is 1. The number of hydrogen-bond acceptors (Lipinski definition) is 7. The van der Waals surface area contributed by atoms with Crippen molar-refractivity contribution in [2.24, 2.45) is 5.73 Å². The number of anilines is 1. The third kappa shape index (κ3) is 9.23. The predicted molar refractivity (Wildman–Crippen MR) is 149 cm³/mol. The first-order valence-corrected chi connectivity index (χ1v) is 13.0. The summed E-state index contributed by atoms with van der Waals surface area (Å²) in [5, 5.41) is 17.8. The number of urea groups is 1. The van der Waals surface area contributed by atoms with Gasteiger partial charge in [-0.3, -0.25) is 10.1 Å². The molecule has 0 aliphatic rings. The maximum atomic E-state index is 13.7. The van der Waals surface area contributed by atoms with Gasteiger partial charge in [-0.1, -0.05) is 23.7 Å². The number of amides is 4. The number of halogens is 3. The molecule has 1 aromatic heterocycles. The smallest absolute Gasteiger partial charge is 0.412 e. The minimum absolute atomic E-state index is 0.0607. The number of ether oxygens (including phenoxy) is 1. The Labute approximate surface area is 240 Å². The normalized spacial score (nSPS) is 12.3. The van der Waals surface area contributed by atoms with Crippen LogP contribution in [0.15, 0.2) is 48.7 Å². The molecule has 220 valence electrons. The third-order valence-corrected chi connectivity index (χ3v) is 6.63. The van der Waals surface area contributed by atoms with Crippen LogP contribution in [0.25, 0.3) is 10.8 Å². The molecule has 2 atom stereocenters. The Morgan fingerprint density at radius 3 is 2.66 bits per heavy atom. The molecule has 2 aromatic carbocycles. The van der Waals surface area contributed by atoms with Gasteiger partial charge in [-0.15, -0.1) is 0 Å². The van der Waals surface area contributed by atoms with E-state index in [9.17, 15) is 23.2 Å². The highest BCUT2D eigenvalue weighted by molar-refractivity contribution is 6.31. The van der Waals surface area contributed by atoms with E-state index in [0.717, 1.165) is 0 Å². The number of aliphatic hydroxyl groups is 1. The second kappa shape index (κ2) is 15.1. The summed E-state index contributed by atoms with van der Waals surface area (Å²) in [6.45, 7) is -0.496. The maximum absolute atomic E-state index is 13.7. The van der Waals surface area contributed by atoms with Crippen LogP contribution >= 0.6 is 11.6 Å². The zero-order chi connectivity index (χ0) is 29.9. The van der Waals surface area contributed by atoms with Crippen molar-refractivity contribution in [1.29, 1.82) is 0 Å². The number of nitrogens with one attached hydrogen (secondary N) is 3. The molecule has 0 unspecified atom stereocenters. The van der Waals surface area contributed by atoms with E-state index in [1.54, 1.807) is 12.1 Å². The molecule has 0 fully saturated rings. The van der Waals surface area contributed by atoms with E-state index in [0.29, 0.717) is 16.3 Å². The van der Waals surface area contributed by atoms with E-state index in [2.05, 4.69) is 20.9 Å². The van der Waals surface area contributed by atoms with Gasteiger partial charge < -0.3 is 31.1 Å². The summed E-state index contributed by atoms with van der Waals surface area (Å²) < 4.78 is 32.6. The second-order valence-electron chi connectivity index (χ2n) is 9.12. The number of aromatic nitrogens is 1. The van der Waals surface area contributed by atoms with Crippen molar-refractivity contribution >= 4 is 46.2 Å². The minimum atomic E-state index is -0.902. The summed E-state index contributed by atoms with van der Waals surface area (Å²) in [6, 6.07) is 7.69. The molecule has 4 amide bonds. The lowest BCUT2D eigenvalue weighted by Crippen LogP contribution is -2.48. The van der Waals surface area contributed by atoms with Crippen LogP contribution in [-0.2, 0) is 16.1 Å². The Bertz CT molecular complexity index is 1380. The van der Waals surface area contributed by atoms with Gasteiger partial charge in [-0.2, -0.15) is 0 Å². The molecule has 0 radical (unpaired) electrons. The molecular weight excluding hydrogens is 562 g/mol. The van der Waals surface area contributed by atoms with E-state index >= 15 is 0 Å². The highest BCUT2D eigenvalue weighted by Crippen LogP contribution is 2.20. The number of pyridine rings is 1. The van der Waals surface area contributed by atoms with Crippen LogP contribution in [0.3, 0.4) is 0 Å². The van der Waals surface area contributed by atoms with Crippen molar-refractivity contribution in [3.8, 4) is 0 Å². The van der Waals surface area contributed by atoms with E-state index < -0.39 is 41.7 Å². The molecule has 14 heteroatoms. The standard InChI is InChI=1S/C27H31ClF2N6O5/c1-36(26(39)34-14-17-3-2-4-21(30)24(17)28)20(7-9-32-25(38)22(31)8-10-37)15-41-27(40)35-23-12-18-11-19(29)6-5-16(18)13-33-23/h2-6,11-13,20,22,37H,7-10,14-15,31H2,1H3,(H,32,38)(H,34,39)(H,33,35,40)/t20-,22-/m0/s1. The lowest BCUT2D eigenvalue weighted by molar-refractivity contribution is -0.122. The van der Waals surface area contributed by atoms with Gasteiger partial charge in [0.1, 0.15) is 24.1 Å². The summed E-state index contributed by atoms with van der Waals surface area (Å²) in [5.74, 6) is -1.41. The van der Waals surface area contributed by atoms with Gasteiger partial charge in [0.05, 0.1) is 17.1 Å². The fraction of sp³-hybridized carbons (Fsp3) is 0.333. The zero-order valence-corrected chi connectivity index (χ0v) is 23.0. The SMILES string of the molecule is CN(C(=O)NCc1cccc(F)c1Cl)[C@@H](CCNC(=O)[C@@H](N)CCO)COC(=O)Nc1cc2cc(F)ccc2cn1. The summed E-state index contributed by atoms with van der Waals surface area (Å²) in [7, 11) is 1.47. The van der Waals surface area contributed by atoms with E-state index in [-0.39, 0.29) is 50.0 Å². The fourth-order valence-corrected chi connectivity index (χ4v) is 3.98. The van der Waals surface area contributed by atoms with Crippen molar-refractivity contribution in [1.82, 2.24) is 20.5 Å². The molecule has 3 aromatic rings. The topological polar surface area (TPSA) is 159 Å². The number of likely N-dealkylation sites (N-methyl/N-ethyl adjacent to an activating group) is 1. The van der Waals surface area contributed by atoms with Crippen LogP contribution in [0.5, 0.6) is 0 Å². The van der Waals surface area contributed by atoms with Crippen molar-refractivity contribution < 1.29 is 33.0 Å². The summed E-state index contributed by atoms with van der Waals surface area (Å²) in [6.07, 6.45) is 0.857. The maximum Gasteiger partial charge on any atom is 0.412 e. The van der Waals surface area contributed by atoms with Crippen LogP contribution in [0.4, 0.5) is 24.2 Å². The van der Waals surface area contributed by atoms with Crippen molar-refractivity contribution in [2.45, 2.75) is 31.5 Å². The van der Waals surface area contributed by atoms with Crippen LogP contribution in [0.2, 0.25) is 5.02 Å². The van der Waals surface area contributed by atoms with Gasteiger partial charge in [-0.05, 0) is 54.1 Å². The number of benzene rings is 2. The van der Waals surface area contributed by atoms with Gasteiger partial charge >= 0.3 is 12.1 Å². The predicted octanol–water partition coefficient (Wildman–Crippen LogP) is 3.14.